The maximum absolute atomic E-state index is 11.8. The third-order valence-electron chi connectivity index (χ3n) is 7.10. The molecule has 4 aliphatic rings. The van der Waals surface area contributed by atoms with E-state index in [1.807, 2.05) is 6.08 Å². The third kappa shape index (κ3) is 2.21. The average molecular weight is 314 g/mol. The molecule has 0 spiro atoms. The Morgan fingerprint density at radius 3 is 3.00 bits per heavy atom. The van der Waals surface area contributed by atoms with Crippen molar-refractivity contribution in [1.82, 2.24) is 0 Å². The Hall–Kier alpha value is -1.15. The SMILES string of the molecule is COC[C@@H]1C[C@@H]2[C@H](CC[C@]3(C)[C@@H](O)CC[C@@H]23)C2=C=CC(=O)C=C21. The maximum atomic E-state index is 11.8. The zero-order valence-corrected chi connectivity index (χ0v) is 14.0. The number of carbonyl (C=O) groups is 1. The molecule has 3 saturated carbocycles. The van der Waals surface area contributed by atoms with E-state index in [1.54, 1.807) is 13.2 Å². The summed E-state index contributed by atoms with van der Waals surface area (Å²) in [5.74, 6) is 2.03. The van der Waals surface area contributed by atoms with Gasteiger partial charge in [-0.15, -0.1) is 5.73 Å². The number of ether oxygens (including phenoxy) is 1. The van der Waals surface area contributed by atoms with E-state index in [0.717, 1.165) is 32.1 Å². The van der Waals surface area contributed by atoms with Gasteiger partial charge in [0.2, 0.25) is 0 Å². The summed E-state index contributed by atoms with van der Waals surface area (Å²) in [5, 5.41) is 10.5. The second-order valence-electron chi connectivity index (χ2n) is 8.11. The average Bonchev–Trinajstić information content (AvgIpc) is 2.83. The standard InChI is InChI=1S/C20H26O3/c1-20-8-7-15-14-4-3-13(21)10-16(14)12(11-23-2)9-17(15)18(20)5-6-19(20)22/h3,10,12,15,17-19,22H,5-9,11H2,1-2H3/t12-,15+,17+,18-,19-,20-/m0/s1. The van der Waals surface area contributed by atoms with Crippen LogP contribution in [0.1, 0.15) is 39.0 Å². The smallest absolute Gasteiger partial charge is 0.186 e. The molecule has 0 unspecified atom stereocenters. The number of allylic oxidation sites excluding steroid dienone is 2. The summed E-state index contributed by atoms with van der Waals surface area (Å²) in [4.78, 5) is 11.8. The highest BCUT2D eigenvalue weighted by Gasteiger charge is 2.56. The van der Waals surface area contributed by atoms with Crippen molar-refractivity contribution in [2.24, 2.45) is 29.1 Å². The maximum Gasteiger partial charge on any atom is 0.186 e. The quantitative estimate of drug-likeness (QED) is 0.797. The van der Waals surface area contributed by atoms with Gasteiger partial charge in [-0.1, -0.05) is 6.92 Å². The fourth-order valence-electron chi connectivity index (χ4n) is 5.93. The minimum atomic E-state index is -0.149. The molecular weight excluding hydrogens is 288 g/mol. The van der Waals surface area contributed by atoms with E-state index >= 15 is 0 Å². The third-order valence-corrected chi connectivity index (χ3v) is 7.10. The minimum Gasteiger partial charge on any atom is -0.393 e. The van der Waals surface area contributed by atoms with E-state index in [0.29, 0.717) is 30.3 Å². The van der Waals surface area contributed by atoms with Crippen LogP contribution in [-0.2, 0) is 9.53 Å². The lowest BCUT2D eigenvalue weighted by atomic mass is 9.53. The van der Waals surface area contributed by atoms with Gasteiger partial charge in [0, 0.05) is 24.7 Å². The predicted molar refractivity (Wildman–Crippen MR) is 87.7 cm³/mol. The van der Waals surface area contributed by atoms with E-state index in [4.69, 9.17) is 4.74 Å². The molecule has 0 aromatic carbocycles. The fourth-order valence-corrected chi connectivity index (χ4v) is 5.93. The van der Waals surface area contributed by atoms with E-state index < -0.39 is 0 Å². The molecule has 0 radical (unpaired) electrons. The monoisotopic (exact) mass is 314 g/mol. The van der Waals surface area contributed by atoms with Crippen LogP contribution < -0.4 is 0 Å². The van der Waals surface area contributed by atoms with Crippen molar-refractivity contribution in [3.05, 3.63) is 29.0 Å². The lowest BCUT2D eigenvalue weighted by molar-refractivity contribution is -0.110. The van der Waals surface area contributed by atoms with Gasteiger partial charge in [0.05, 0.1) is 12.7 Å². The molecule has 0 saturated heterocycles. The van der Waals surface area contributed by atoms with Gasteiger partial charge in [-0.2, -0.15) is 0 Å². The highest BCUT2D eigenvalue weighted by molar-refractivity contribution is 6.01. The van der Waals surface area contributed by atoms with E-state index in [-0.39, 0.29) is 17.3 Å². The van der Waals surface area contributed by atoms with Gasteiger partial charge in [0.25, 0.3) is 0 Å². The Morgan fingerprint density at radius 1 is 1.39 bits per heavy atom. The van der Waals surface area contributed by atoms with Crippen LogP contribution in [0.2, 0.25) is 0 Å². The zero-order chi connectivity index (χ0) is 16.2. The first-order valence-electron chi connectivity index (χ1n) is 8.94. The van der Waals surface area contributed by atoms with Crippen molar-refractivity contribution in [2.45, 2.75) is 45.1 Å². The zero-order valence-electron chi connectivity index (χ0n) is 14.0. The first-order chi connectivity index (χ1) is 11.0. The highest BCUT2D eigenvalue weighted by Crippen LogP contribution is 2.61. The predicted octanol–water partition coefficient (Wildman–Crippen LogP) is 3.05. The van der Waals surface area contributed by atoms with Crippen LogP contribution in [0.4, 0.5) is 0 Å². The molecule has 3 fully saturated rings. The first-order valence-corrected chi connectivity index (χ1v) is 8.94. The van der Waals surface area contributed by atoms with Gasteiger partial charge in [0.1, 0.15) is 0 Å². The van der Waals surface area contributed by atoms with Crippen LogP contribution in [0.3, 0.4) is 0 Å². The number of aliphatic hydroxyl groups is 1. The molecule has 0 aromatic rings. The molecule has 0 heterocycles. The van der Waals surface area contributed by atoms with Crippen LogP contribution >= 0.6 is 0 Å². The molecule has 0 aliphatic heterocycles. The van der Waals surface area contributed by atoms with Gasteiger partial charge >= 0.3 is 0 Å². The Morgan fingerprint density at radius 2 is 2.22 bits per heavy atom. The Bertz CT molecular complexity index is 625. The Kier molecular flexibility index (Phi) is 3.64. The van der Waals surface area contributed by atoms with Crippen molar-refractivity contribution in [3.8, 4) is 0 Å². The Labute approximate surface area is 138 Å². The molecule has 0 amide bonds. The summed E-state index contributed by atoms with van der Waals surface area (Å²) in [6.07, 6.45) is 8.60. The van der Waals surface area contributed by atoms with E-state index in [2.05, 4.69) is 12.7 Å². The van der Waals surface area contributed by atoms with E-state index in [1.165, 1.54) is 11.1 Å². The molecule has 124 valence electrons. The number of hydrogen-bond acceptors (Lipinski definition) is 3. The second kappa shape index (κ2) is 5.44. The van der Waals surface area contributed by atoms with Crippen molar-refractivity contribution in [2.75, 3.05) is 13.7 Å². The molecule has 3 heteroatoms. The van der Waals surface area contributed by atoms with Crippen LogP contribution in [0.25, 0.3) is 0 Å². The van der Waals surface area contributed by atoms with Gasteiger partial charge < -0.3 is 9.84 Å². The van der Waals surface area contributed by atoms with Gasteiger partial charge in [0.15, 0.2) is 5.78 Å². The van der Waals surface area contributed by atoms with Crippen LogP contribution in [0.15, 0.2) is 29.0 Å². The number of carbonyl (C=O) groups excluding carboxylic acids is 1. The summed E-state index contributed by atoms with van der Waals surface area (Å²) in [5.41, 5.74) is 5.82. The van der Waals surface area contributed by atoms with Crippen molar-refractivity contribution in [3.63, 3.8) is 0 Å². The van der Waals surface area contributed by atoms with Crippen LogP contribution in [0.5, 0.6) is 0 Å². The highest BCUT2D eigenvalue weighted by atomic mass is 16.5. The number of aliphatic hydroxyl groups excluding tert-OH is 1. The normalized spacial score (nSPS) is 45.0. The van der Waals surface area contributed by atoms with Gasteiger partial charge in [-0.25, -0.2) is 0 Å². The number of fused-ring (bicyclic) bond motifs is 5. The number of rotatable bonds is 2. The number of methoxy groups -OCH3 is 1. The first kappa shape index (κ1) is 15.4. The summed E-state index contributed by atoms with van der Waals surface area (Å²) in [7, 11) is 1.74. The lowest BCUT2D eigenvalue weighted by Crippen LogP contribution is -2.47. The van der Waals surface area contributed by atoms with Crippen LogP contribution in [-0.4, -0.2) is 30.7 Å². The van der Waals surface area contributed by atoms with Crippen molar-refractivity contribution in [1.29, 1.82) is 0 Å². The Balaban J connectivity index is 1.73. The molecule has 1 N–H and O–H groups in total. The van der Waals surface area contributed by atoms with Crippen LogP contribution in [0, 0.1) is 29.1 Å². The number of hydrogen-bond donors (Lipinski definition) is 1. The molecule has 3 nitrogen and oxygen atoms in total. The molecule has 4 aliphatic carbocycles. The fraction of sp³-hybridized carbons (Fsp3) is 0.700. The molecule has 23 heavy (non-hydrogen) atoms. The van der Waals surface area contributed by atoms with E-state index in [9.17, 15) is 9.90 Å². The summed E-state index contributed by atoms with van der Waals surface area (Å²) < 4.78 is 5.45. The summed E-state index contributed by atoms with van der Waals surface area (Å²) in [6.45, 7) is 2.95. The number of ketones is 1. The lowest BCUT2D eigenvalue weighted by Gasteiger charge is -2.52. The van der Waals surface area contributed by atoms with Crippen molar-refractivity contribution >= 4 is 5.78 Å². The molecular formula is C20H26O3. The molecule has 4 rings (SSSR count). The van der Waals surface area contributed by atoms with Gasteiger partial charge in [-0.05, 0) is 66.9 Å². The molecule has 0 bridgehead atoms. The molecule has 6 atom stereocenters. The summed E-state index contributed by atoms with van der Waals surface area (Å²) >= 11 is 0. The molecule has 0 aromatic heterocycles. The minimum absolute atomic E-state index is 0.0558. The van der Waals surface area contributed by atoms with Crippen molar-refractivity contribution < 1.29 is 14.6 Å². The van der Waals surface area contributed by atoms with Gasteiger partial charge in [-0.3, -0.25) is 4.79 Å². The topological polar surface area (TPSA) is 46.5 Å². The summed E-state index contributed by atoms with van der Waals surface area (Å²) in [6, 6.07) is 0. The second-order valence-corrected chi connectivity index (χ2v) is 8.11. The largest absolute Gasteiger partial charge is 0.393 e.